The van der Waals surface area contributed by atoms with Crippen LogP contribution in [0.25, 0.3) is 16.9 Å². The fourth-order valence-electron chi connectivity index (χ4n) is 4.13. The molecule has 0 aliphatic carbocycles. The summed E-state index contributed by atoms with van der Waals surface area (Å²) in [5.74, 6) is 1.83. The Hall–Kier alpha value is -3.74. The smallest absolute Gasteiger partial charge is 0.253 e. The van der Waals surface area contributed by atoms with E-state index in [1.54, 1.807) is 12.5 Å². The minimum Gasteiger partial charge on any atom is -0.354 e. The van der Waals surface area contributed by atoms with Gasteiger partial charge in [-0.15, -0.1) is 0 Å². The van der Waals surface area contributed by atoms with Gasteiger partial charge in [-0.3, -0.25) is 9.36 Å². The Labute approximate surface area is 180 Å². The molecule has 1 amide bonds. The lowest BCUT2D eigenvalue weighted by Gasteiger charge is -2.33. The number of fused-ring (bicyclic) bond motifs is 1. The van der Waals surface area contributed by atoms with Crippen molar-refractivity contribution in [1.29, 1.82) is 0 Å². The summed E-state index contributed by atoms with van der Waals surface area (Å²) in [4.78, 5) is 28.2. The van der Waals surface area contributed by atoms with Crippen LogP contribution in [-0.4, -0.2) is 50.0 Å². The van der Waals surface area contributed by atoms with Gasteiger partial charge in [0.25, 0.3) is 5.91 Å². The van der Waals surface area contributed by atoms with E-state index in [0.717, 1.165) is 54.9 Å². The molecule has 3 heterocycles. The summed E-state index contributed by atoms with van der Waals surface area (Å²) in [6.45, 7) is 2.28. The Balaban J connectivity index is 1.25. The van der Waals surface area contributed by atoms with Crippen molar-refractivity contribution in [3.63, 3.8) is 0 Å². The Morgan fingerprint density at radius 1 is 1.03 bits per heavy atom. The summed E-state index contributed by atoms with van der Waals surface area (Å²) in [6, 6.07) is 19.4. The molecular formula is C24H24N6O. The van der Waals surface area contributed by atoms with Gasteiger partial charge in [-0.25, -0.2) is 9.97 Å². The van der Waals surface area contributed by atoms with Crippen LogP contribution in [0.1, 0.15) is 23.2 Å². The normalized spacial score (nSPS) is 16.4. The molecule has 1 atom stereocenters. The van der Waals surface area contributed by atoms with Crippen LogP contribution >= 0.6 is 0 Å². The number of hydrogen-bond acceptors (Lipinski definition) is 5. The van der Waals surface area contributed by atoms with Crippen molar-refractivity contribution in [2.45, 2.75) is 12.8 Å². The van der Waals surface area contributed by atoms with E-state index in [-0.39, 0.29) is 5.91 Å². The van der Waals surface area contributed by atoms with Gasteiger partial charge in [0.15, 0.2) is 0 Å². The van der Waals surface area contributed by atoms with Crippen LogP contribution in [-0.2, 0) is 0 Å². The minimum atomic E-state index is 0.107. The first kappa shape index (κ1) is 19.2. The van der Waals surface area contributed by atoms with Crippen LogP contribution in [0.15, 0.2) is 73.2 Å². The van der Waals surface area contributed by atoms with Gasteiger partial charge in [0.2, 0.25) is 5.95 Å². The molecule has 156 valence electrons. The lowest BCUT2D eigenvalue weighted by Crippen LogP contribution is -2.41. The molecule has 5 rings (SSSR count). The molecular weight excluding hydrogens is 388 g/mol. The van der Waals surface area contributed by atoms with Crippen LogP contribution in [0, 0.1) is 5.92 Å². The molecule has 2 aromatic carbocycles. The number of rotatable bonds is 5. The number of hydrogen-bond donors (Lipinski definition) is 1. The summed E-state index contributed by atoms with van der Waals surface area (Å²) >= 11 is 0. The first-order valence-corrected chi connectivity index (χ1v) is 10.6. The molecule has 0 bridgehead atoms. The lowest BCUT2D eigenvalue weighted by atomic mass is 9.97. The predicted molar refractivity (Wildman–Crippen MR) is 120 cm³/mol. The first-order valence-electron chi connectivity index (χ1n) is 10.6. The third-order valence-electron chi connectivity index (χ3n) is 5.72. The van der Waals surface area contributed by atoms with Gasteiger partial charge < -0.3 is 10.2 Å². The molecule has 0 saturated carbocycles. The van der Waals surface area contributed by atoms with E-state index < -0.39 is 0 Å². The van der Waals surface area contributed by atoms with E-state index in [2.05, 4.69) is 20.3 Å². The number of carbonyl (C=O) groups excluding carboxylic acids is 1. The van der Waals surface area contributed by atoms with Gasteiger partial charge in [0, 0.05) is 31.4 Å². The Morgan fingerprint density at radius 2 is 1.87 bits per heavy atom. The van der Waals surface area contributed by atoms with E-state index in [4.69, 9.17) is 0 Å². The van der Waals surface area contributed by atoms with Crippen molar-refractivity contribution in [3.8, 4) is 5.82 Å². The van der Waals surface area contributed by atoms with Crippen molar-refractivity contribution < 1.29 is 4.79 Å². The van der Waals surface area contributed by atoms with Gasteiger partial charge in [-0.2, -0.15) is 4.98 Å². The molecule has 1 aliphatic rings. The molecule has 0 radical (unpaired) electrons. The van der Waals surface area contributed by atoms with Crippen LogP contribution < -0.4 is 5.32 Å². The van der Waals surface area contributed by atoms with Crippen LogP contribution in [0.5, 0.6) is 0 Å². The Kier molecular flexibility index (Phi) is 5.31. The number of piperidine rings is 1. The third kappa shape index (κ3) is 4.12. The van der Waals surface area contributed by atoms with Crippen molar-refractivity contribution in [2.75, 3.05) is 25.0 Å². The molecule has 4 aromatic rings. The van der Waals surface area contributed by atoms with Crippen LogP contribution in [0.2, 0.25) is 0 Å². The zero-order chi connectivity index (χ0) is 21.0. The average molecular weight is 412 g/mol. The SMILES string of the molecule is O=C(c1ccccc1)N1CCCC(CNc2nccc(-n3cnc4ccccc43)n2)C1. The maximum atomic E-state index is 12.8. The second-order valence-corrected chi connectivity index (χ2v) is 7.85. The number of amides is 1. The third-order valence-corrected chi connectivity index (χ3v) is 5.72. The summed E-state index contributed by atoms with van der Waals surface area (Å²) < 4.78 is 1.96. The highest BCUT2D eigenvalue weighted by Gasteiger charge is 2.24. The number of aromatic nitrogens is 4. The number of carbonyl (C=O) groups is 1. The minimum absolute atomic E-state index is 0.107. The molecule has 1 aliphatic heterocycles. The van der Waals surface area contributed by atoms with Gasteiger partial charge in [0.1, 0.15) is 12.1 Å². The van der Waals surface area contributed by atoms with Gasteiger partial charge in [-0.05, 0) is 49.1 Å². The van der Waals surface area contributed by atoms with Crippen molar-refractivity contribution >= 4 is 22.9 Å². The van der Waals surface area contributed by atoms with Gasteiger partial charge in [-0.1, -0.05) is 30.3 Å². The molecule has 0 spiro atoms. The van der Waals surface area contributed by atoms with Crippen molar-refractivity contribution in [1.82, 2.24) is 24.4 Å². The fraction of sp³-hybridized carbons (Fsp3) is 0.250. The zero-order valence-electron chi connectivity index (χ0n) is 17.2. The monoisotopic (exact) mass is 412 g/mol. The van der Waals surface area contributed by atoms with E-state index >= 15 is 0 Å². The maximum absolute atomic E-state index is 12.8. The van der Waals surface area contributed by atoms with Crippen molar-refractivity contribution in [2.24, 2.45) is 5.92 Å². The Morgan fingerprint density at radius 3 is 2.77 bits per heavy atom. The van der Waals surface area contributed by atoms with E-state index in [0.29, 0.717) is 11.9 Å². The highest BCUT2D eigenvalue weighted by atomic mass is 16.2. The molecule has 1 saturated heterocycles. The molecule has 1 fully saturated rings. The first-order chi connectivity index (χ1) is 15.3. The molecule has 7 nitrogen and oxygen atoms in total. The summed E-state index contributed by atoms with van der Waals surface area (Å²) in [5.41, 5.74) is 2.69. The molecule has 1 unspecified atom stereocenters. The molecule has 1 N–H and O–H groups in total. The molecule has 31 heavy (non-hydrogen) atoms. The number of para-hydroxylation sites is 2. The lowest BCUT2D eigenvalue weighted by molar-refractivity contribution is 0.0680. The standard InChI is InChI=1S/C24H24N6O/c31-23(19-8-2-1-3-9-19)29-14-6-7-18(16-29)15-26-24-25-13-12-22(28-24)30-17-27-20-10-4-5-11-21(20)30/h1-5,8-13,17-18H,6-7,14-16H2,(H,25,26,28). The highest BCUT2D eigenvalue weighted by Crippen LogP contribution is 2.20. The number of likely N-dealkylation sites (tertiary alicyclic amines) is 1. The number of anilines is 1. The predicted octanol–water partition coefficient (Wildman–Crippen LogP) is 3.78. The number of nitrogens with one attached hydrogen (secondary N) is 1. The number of imidazole rings is 1. The topological polar surface area (TPSA) is 75.9 Å². The molecule has 2 aromatic heterocycles. The summed E-state index contributed by atoms with van der Waals surface area (Å²) in [5, 5.41) is 3.37. The van der Waals surface area contributed by atoms with Gasteiger partial charge in [0.05, 0.1) is 11.0 Å². The quantitative estimate of drug-likeness (QED) is 0.540. The number of benzene rings is 2. The second kappa shape index (κ2) is 8.55. The fourth-order valence-corrected chi connectivity index (χ4v) is 4.13. The van der Waals surface area contributed by atoms with Crippen LogP contribution in [0.4, 0.5) is 5.95 Å². The Bertz CT molecular complexity index is 1190. The van der Waals surface area contributed by atoms with Crippen LogP contribution in [0.3, 0.4) is 0 Å². The van der Waals surface area contributed by atoms with Gasteiger partial charge >= 0.3 is 0 Å². The summed E-state index contributed by atoms with van der Waals surface area (Å²) in [6.07, 6.45) is 5.63. The summed E-state index contributed by atoms with van der Waals surface area (Å²) in [7, 11) is 0. The second-order valence-electron chi connectivity index (χ2n) is 7.85. The molecule has 7 heteroatoms. The van der Waals surface area contributed by atoms with E-state index in [1.807, 2.05) is 70.1 Å². The highest BCUT2D eigenvalue weighted by molar-refractivity contribution is 5.94. The van der Waals surface area contributed by atoms with E-state index in [1.165, 1.54) is 0 Å². The van der Waals surface area contributed by atoms with E-state index in [9.17, 15) is 4.79 Å². The van der Waals surface area contributed by atoms with Crippen molar-refractivity contribution in [3.05, 3.63) is 78.8 Å². The largest absolute Gasteiger partial charge is 0.354 e. The average Bonchev–Trinajstić information content (AvgIpc) is 3.27. The number of nitrogens with zero attached hydrogens (tertiary/aromatic N) is 5. The zero-order valence-corrected chi connectivity index (χ0v) is 17.2. The maximum Gasteiger partial charge on any atom is 0.253 e.